The predicted octanol–water partition coefficient (Wildman–Crippen LogP) is 1.68. The molecule has 1 aromatic carbocycles. The number of hydrogen-bond acceptors (Lipinski definition) is 4. The minimum Gasteiger partial charge on any atom is -0.494 e. The number of benzene rings is 1. The highest BCUT2D eigenvalue weighted by Gasteiger charge is 2.14. The van der Waals surface area contributed by atoms with Crippen molar-refractivity contribution in [2.24, 2.45) is 10.8 Å². The lowest BCUT2D eigenvalue weighted by molar-refractivity contribution is 0.249. The Labute approximate surface area is 125 Å². The molecule has 0 atom stereocenters. The number of primary amides is 1. The summed E-state index contributed by atoms with van der Waals surface area (Å²) in [6, 6.07) is 5.22. The second kappa shape index (κ2) is 7.64. The number of nitrogens with one attached hydrogen (secondary N) is 1. The lowest BCUT2D eigenvalue weighted by Gasteiger charge is -2.18. The number of urea groups is 1. The first-order valence-electron chi connectivity index (χ1n) is 7.25. The van der Waals surface area contributed by atoms with E-state index in [2.05, 4.69) is 15.4 Å². The van der Waals surface area contributed by atoms with Crippen molar-refractivity contribution in [2.75, 3.05) is 19.7 Å². The molecule has 6 nitrogen and oxygen atoms in total. The summed E-state index contributed by atoms with van der Waals surface area (Å²) in [5.41, 5.74) is 9.21. The van der Waals surface area contributed by atoms with Crippen LogP contribution in [0.3, 0.4) is 0 Å². The van der Waals surface area contributed by atoms with Crippen LogP contribution in [0.2, 0.25) is 0 Å². The lowest BCUT2D eigenvalue weighted by atomic mass is 10.1. The first kappa shape index (κ1) is 15.3. The highest BCUT2D eigenvalue weighted by molar-refractivity contribution is 5.82. The highest BCUT2D eigenvalue weighted by atomic mass is 16.5. The van der Waals surface area contributed by atoms with E-state index >= 15 is 0 Å². The van der Waals surface area contributed by atoms with Gasteiger partial charge in [0.15, 0.2) is 0 Å². The molecule has 0 aliphatic carbocycles. The number of likely N-dealkylation sites (tertiary alicyclic amines) is 1. The number of nitrogens with zero attached hydrogens (tertiary/aromatic N) is 2. The number of carbonyl (C=O) groups is 1. The van der Waals surface area contributed by atoms with E-state index in [0.717, 1.165) is 36.5 Å². The normalized spacial score (nSPS) is 15.5. The number of hydrogen-bond donors (Lipinski definition) is 2. The number of amides is 2. The second-order valence-electron chi connectivity index (χ2n) is 5.02. The van der Waals surface area contributed by atoms with Crippen LogP contribution in [0.15, 0.2) is 23.3 Å². The number of rotatable bonds is 6. The van der Waals surface area contributed by atoms with Crippen molar-refractivity contribution in [3.05, 3.63) is 29.3 Å². The van der Waals surface area contributed by atoms with E-state index in [1.54, 1.807) is 6.21 Å². The molecule has 1 aromatic rings. The lowest BCUT2D eigenvalue weighted by Crippen LogP contribution is -2.24. The predicted molar refractivity (Wildman–Crippen MR) is 82.4 cm³/mol. The van der Waals surface area contributed by atoms with Gasteiger partial charge in [0, 0.05) is 12.1 Å². The first-order valence-corrected chi connectivity index (χ1v) is 7.25. The van der Waals surface area contributed by atoms with E-state index < -0.39 is 6.03 Å². The van der Waals surface area contributed by atoms with Crippen molar-refractivity contribution in [1.82, 2.24) is 10.3 Å². The molecule has 2 amide bonds. The van der Waals surface area contributed by atoms with Gasteiger partial charge in [-0.3, -0.25) is 4.90 Å². The smallest absolute Gasteiger partial charge is 0.332 e. The van der Waals surface area contributed by atoms with Gasteiger partial charge in [-0.05, 0) is 56.6 Å². The zero-order valence-corrected chi connectivity index (χ0v) is 12.3. The van der Waals surface area contributed by atoms with E-state index in [1.807, 2.05) is 25.1 Å². The molecule has 0 unspecified atom stereocenters. The summed E-state index contributed by atoms with van der Waals surface area (Å²) in [7, 11) is 0. The maximum absolute atomic E-state index is 10.6. The van der Waals surface area contributed by atoms with Crippen LogP contribution in [0.4, 0.5) is 4.79 Å². The van der Waals surface area contributed by atoms with Crippen LogP contribution in [0.5, 0.6) is 5.75 Å². The second-order valence-corrected chi connectivity index (χ2v) is 5.02. The van der Waals surface area contributed by atoms with Crippen molar-refractivity contribution < 1.29 is 9.53 Å². The zero-order chi connectivity index (χ0) is 15.1. The van der Waals surface area contributed by atoms with E-state index in [-0.39, 0.29) is 0 Å². The Hall–Kier alpha value is -2.08. The van der Waals surface area contributed by atoms with Crippen molar-refractivity contribution >= 4 is 12.2 Å². The van der Waals surface area contributed by atoms with Crippen molar-refractivity contribution in [2.45, 2.75) is 26.3 Å². The molecule has 1 aliphatic heterocycles. The van der Waals surface area contributed by atoms with Gasteiger partial charge in [0.05, 0.1) is 12.8 Å². The third-order valence-corrected chi connectivity index (χ3v) is 3.37. The number of carbonyl (C=O) groups excluding carboxylic acids is 1. The average Bonchev–Trinajstić information content (AvgIpc) is 2.94. The number of ether oxygens (including phenoxy) is 1. The molecule has 1 saturated heterocycles. The molecule has 0 spiro atoms. The standard InChI is InChI=1S/C15H22N4O2/c1-2-21-14-6-5-12(10-17-18-15(16)20)9-13(14)11-19-7-3-4-8-19/h5-6,9-10H,2-4,7-8,11H2,1H3,(H3,16,18,20). The van der Waals surface area contributed by atoms with Gasteiger partial charge in [-0.1, -0.05) is 0 Å². The number of nitrogens with two attached hydrogens (primary N) is 1. The minimum absolute atomic E-state index is 0.643. The largest absolute Gasteiger partial charge is 0.494 e. The zero-order valence-electron chi connectivity index (χ0n) is 12.3. The Morgan fingerprint density at radius 1 is 1.48 bits per heavy atom. The van der Waals surface area contributed by atoms with Crippen LogP contribution in [0.25, 0.3) is 0 Å². The maximum Gasteiger partial charge on any atom is 0.332 e. The molecule has 3 N–H and O–H groups in total. The molecule has 1 aliphatic rings. The van der Waals surface area contributed by atoms with Crippen LogP contribution in [-0.4, -0.2) is 36.8 Å². The minimum atomic E-state index is -0.672. The van der Waals surface area contributed by atoms with Crippen LogP contribution >= 0.6 is 0 Å². The van der Waals surface area contributed by atoms with Gasteiger partial charge in [0.2, 0.25) is 0 Å². The Morgan fingerprint density at radius 3 is 2.90 bits per heavy atom. The molecule has 114 valence electrons. The van der Waals surface area contributed by atoms with E-state index in [9.17, 15) is 4.79 Å². The van der Waals surface area contributed by atoms with E-state index in [4.69, 9.17) is 10.5 Å². The average molecular weight is 290 g/mol. The van der Waals surface area contributed by atoms with Crippen LogP contribution in [-0.2, 0) is 6.54 Å². The summed E-state index contributed by atoms with van der Waals surface area (Å²) in [6.45, 7) is 5.76. The fraction of sp³-hybridized carbons (Fsp3) is 0.467. The van der Waals surface area contributed by atoms with Crippen molar-refractivity contribution in [3.63, 3.8) is 0 Å². The van der Waals surface area contributed by atoms with Gasteiger partial charge in [0.25, 0.3) is 0 Å². The SMILES string of the molecule is CCOc1ccc(C=NNC(N)=O)cc1CN1CCCC1. The Kier molecular flexibility index (Phi) is 5.57. The molecule has 2 rings (SSSR count). The van der Waals surface area contributed by atoms with Crippen LogP contribution < -0.4 is 15.9 Å². The fourth-order valence-corrected chi connectivity index (χ4v) is 2.45. The molecule has 0 radical (unpaired) electrons. The molecule has 1 heterocycles. The molecule has 1 fully saturated rings. The quantitative estimate of drug-likeness (QED) is 0.618. The Balaban J connectivity index is 2.12. The van der Waals surface area contributed by atoms with Gasteiger partial charge in [-0.15, -0.1) is 0 Å². The van der Waals surface area contributed by atoms with Gasteiger partial charge in [0.1, 0.15) is 5.75 Å². The summed E-state index contributed by atoms with van der Waals surface area (Å²) in [6.07, 6.45) is 4.09. The topological polar surface area (TPSA) is 80.0 Å². The maximum atomic E-state index is 10.6. The molecular formula is C15H22N4O2. The molecular weight excluding hydrogens is 268 g/mol. The summed E-state index contributed by atoms with van der Waals surface area (Å²) < 4.78 is 5.68. The third-order valence-electron chi connectivity index (χ3n) is 3.37. The monoisotopic (exact) mass is 290 g/mol. The molecule has 6 heteroatoms. The fourth-order valence-electron chi connectivity index (χ4n) is 2.45. The van der Waals surface area contributed by atoms with E-state index in [1.165, 1.54) is 12.8 Å². The van der Waals surface area contributed by atoms with Crippen LogP contribution in [0, 0.1) is 0 Å². The Bertz CT molecular complexity index is 510. The highest BCUT2D eigenvalue weighted by Crippen LogP contribution is 2.23. The molecule has 0 saturated carbocycles. The van der Waals surface area contributed by atoms with E-state index in [0.29, 0.717) is 6.61 Å². The molecule has 0 aromatic heterocycles. The molecule has 0 bridgehead atoms. The van der Waals surface area contributed by atoms with Crippen LogP contribution in [0.1, 0.15) is 30.9 Å². The van der Waals surface area contributed by atoms with Gasteiger partial charge >= 0.3 is 6.03 Å². The van der Waals surface area contributed by atoms with Gasteiger partial charge in [-0.25, -0.2) is 10.2 Å². The van der Waals surface area contributed by atoms with Gasteiger partial charge < -0.3 is 10.5 Å². The molecule has 21 heavy (non-hydrogen) atoms. The number of hydrazone groups is 1. The summed E-state index contributed by atoms with van der Waals surface area (Å²) >= 11 is 0. The first-order chi connectivity index (χ1) is 10.2. The summed E-state index contributed by atoms with van der Waals surface area (Å²) in [5.74, 6) is 0.907. The third kappa shape index (κ3) is 4.75. The van der Waals surface area contributed by atoms with Crippen molar-refractivity contribution in [3.8, 4) is 5.75 Å². The Morgan fingerprint density at radius 2 is 2.24 bits per heavy atom. The summed E-state index contributed by atoms with van der Waals surface area (Å²) in [4.78, 5) is 13.0. The van der Waals surface area contributed by atoms with Crippen molar-refractivity contribution in [1.29, 1.82) is 0 Å². The summed E-state index contributed by atoms with van der Waals surface area (Å²) in [5, 5.41) is 3.79. The van der Waals surface area contributed by atoms with Gasteiger partial charge in [-0.2, -0.15) is 5.10 Å².